The van der Waals surface area contributed by atoms with Gasteiger partial charge in [-0.1, -0.05) is 11.2 Å². The largest absolute Gasteiger partial charge is 0.355 e. The molecule has 0 saturated carbocycles. The Kier molecular flexibility index (Phi) is 6.13. The van der Waals surface area contributed by atoms with Crippen LogP contribution >= 0.6 is 0 Å². The zero-order chi connectivity index (χ0) is 20.9. The van der Waals surface area contributed by atoms with Gasteiger partial charge in [-0.25, -0.2) is 8.78 Å². The SMILES string of the molecule is O=C(NCC1CCN(Cc2cccnc2)CC1)c1cc(-c2ccc(F)cc2F)on1. The van der Waals surface area contributed by atoms with Gasteiger partial charge in [-0.15, -0.1) is 0 Å². The van der Waals surface area contributed by atoms with Crippen LogP contribution in [0.1, 0.15) is 28.9 Å². The third-order valence-corrected chi connectivity index (χ3v) is 5.33. The van der Waals surface area contributed by atoms with Gasteiger partial charge < -0.3 is 9.84 Å². The molecule has 0 radical (unpaired) electrons. The molecule has 30 heavy (non-hydrogen) atoms. The Labute approximate surface area is 172 Å². The molecule has 3 aromatic rings. The standard InChI is InChI=1S/C22H22F2N4O2/c23-17-3-4-18(19(24)10-17)21-11-20(27-30-21)22(29)26-13-15-5-8-28(9-6-15)14-16-2-1-7-25-12-16/h1-4,7,10-12,15H,5-6,8-9,13-14H2,(H,26,29). The zero-order valence-corrected chi connectivity index (χ0v) is 16.4. The van der Waals surface area contributed by atoms with E-state index in [4.69, 9.17) is 4.52 Å². The van der Waals surface area contributed by atoms with Gasteiger partial charge in [-0.05, 0) is 55.6 Å². The number of benzene rings is 1. The summed E-state index contributed by atoms with van der Waals surface area (Å²) in [6, 6.07) is 8.52. The molecule has 1 aliphatic heterocycles. The van der Waals surface area contributed by atoms with Crippen molar-refractivity contribution in [3.05, 3.63) is 71.7 Å². The van der Waals surface area contributed by atoms with Crippen molar-refractivity contribution in [2.24, 2.45) is 5.92 Å². The smallest absolute Gasteiger partial charge is 0.273 e. The lowest BCUT2D eigenvalue weighted by atomic mass is 9.96. The van der Waals surface area contributed by atoms with E-state index in [-0.39, 0.29) is 22.9 Å². The third kappa shape index (κ3) is 4.88. The lowest BCUT2D eigenvalue weighted by Gasteiger charge is -2.31. The molecule has 8 heteroatoms. The maximum absolute atomic E-state index is 13.9. The number of carbonyl (C=O) groups excluding carboxylic acids is 1. The Bertz CT molecular complexity index is 1000. The van der Waals surface area contributed by atoms with Crippen LogP contribution in [0.4, 0.5) is 8.78 Å². The summed E-state index contributed by atoms with van der Waals surface area (Å²) in [6.07, 6.45) is 5.64. The second-order valence-corrected chi connectivity index (χ2v) is 7.49. The normalized spacial score (nSPS) is 15.3. The van der Waals surface area contributed by atoms with E-state index < -0.39 is 11.6 Å². The number of halogens is 2. The molecular formula is C22H22F2N4O2. The van der Waals surface area contributed by atoms with Crippen LogP contribution in [-0.4, -0.2) is 40.6 Å². The molecule has 0 bridgehead atoms. The number of piperidine rings is 1. The average molecular weight is 412 g/mol. The molecule has 1 saturated heterocycles. The highest BCUT2D eigenvalue weighted by Crippen LogP contribution is 2.24. The van der Waals surface area contributed by atoms with Crippen molar-refractivity contribution >= 4 is 5.91 Å². The van der Waals surface area contributed by atoms with Crippen LogP contribution in [0.2, 0.25) is 0 Å². The predicted octanol–water partition coefficient (Wildman–Crippen LogP) is 3.66. The third-order valence-electron chi connectivity index (χ3n) is 5.33. The number of hydrogen-bond acceptors (Lipinski definition) is 5. The highest BCUT2D eigenvalue weighted by atomic mass is 19.1. The van der Waals surface area contributed by atoms with Crippen molar-refractivity contribution in [2.75, 3.05) is 19.6 Å². The summed E-state index contributed by atoms with van der Waals surface area (Å²) in [5, 5.41) is 6.60. The summed E-state index contributed by atoms with van der Waals surface area (Å²) >= 11 is 0. The number of nitrogens with one attached hydrogen (secondary N) is 1. The molecule has 0 aliphatic carbocycles. The van der Waals surface area contributed by atoms with Gasteiger partial charge in [0.25, 0.3) is 5.91 Å². The number of amides is 1. The molecule has 4 rings (SSSR count). The molecule has 1 aromatic carbocycles. The van der Waals surface area contributed by atoms with Gasteiger partial charge in [0.05, 0.1) is 5.56 Å². The molecule has 0 unspecified atom stereocenters. The van der Waals surface area contributed by atoms with Crippen LogP contribution in [-0.2, 0) is 6.54 Å². The summed E-state index contributed by atoms with van der Waals surface area (Å²) in [6.45, 7) is 3.36. The van der Waals surface area contributed by atoms with Crippen molar-refractivity contribution in [1.29, 1.82) is 0 Å². The lowest BCUT2D eigenvalue weighted by molar-refractivity contribution is 0.0926. The quantitative estimate of drug-likeness (QED) is 0.669. The highest BCUT2D eigenvalue weighted by molar-refractivity contribution is 5.93. The second kappa shape index (κ2) is 9.13. The van der Waals surface area contributed by atoms with Gasteiger partial charge in [-0.2, -0.15) is 0 Å². The number of aromatic nitrogens is 2. The molecule has 2 aromatic heterocycles. The van der Waals surface area contributed by atoms with E-state index in [1.807, 2.05) is 12.3 Å². The van der Waals surface area contributed by atoms with Crippen molar-refractivity contribution in [3.8, 4) is 11.3 Å². The van der Waals surface area contributed by atoms with Gasteiger partial charge >= 0.3 is 0 Å². The first-order valence-corrected chi connectivity index (χ1v) is 9.90. The fraction of sp³-hybridized carbons (Fsp3) is 0.318. The Hall–Kier alpha value is -3.13. The Morgan fingerprint density at radius 1 is 1.20 bits per heavy atom. The minimum atomic E-state index is -0.767. The predicted molar refractivity (Wildman–Crippen MR) is 106 cm³/mol. The van der Waals surface area contributed by atoms with E-state index in [9.17, 15) is 13.6 Å². The summed E-state index contributed by atoms with van der Waals surface area (Å²) in [5.41, 5.74) is 1.33. The topological polar surface area (TPSA) is 71.3 Å². The Morgan fingerprint density at radius 3 is 2.77 bits per heavy atom. The van der Waals surface area contributed by atoms with Crippen molar-refractivity contribution < 1.29 is 18.1 Å². The van der Waals surface area contributed by atoms with E-state index in [0.717, 1.165) is 44.6 Å². The number of nitrogens with zero attached hydrogens (tertiary/aromatic N) is 3. The van der Waals surface area contributed by atoms with Crippen LogP contribution in [0.5, 0.6) is 0 Å². The van der Waals surface area contributed by atoms with Gasteiger partial charge in [0.2, 0.25) is 0 Å². The van der Waals surface area contributed by atoms with Gasteiger partial charge in [0.15, 0.2) is 11.5 Å². The first-order valence-electron chi connectivity index (χ1n) is 9.90. The maximum Gasteiger partial charge on any atom is 0.273 e. The molecule has 156 valence electrons. The van der Waals surface area contributed by atoms with E-state index >= 15 is 0 Å². The molecular weight excluding hydrogens is 390 g/mol. The summed E-state index contributed by atoms with van der Waals surface area (Å²) in [7, 11) is 0. The summed E-state index contributed by atoms with van der Waals surface area (Å²) in [4.78, 5) is 18.9. The van der Waals surface area contributed by atoms with Crippen LogP contribution in [0.3, 0.4) is 0 Å². The van der Waals surface area contributed by atoms with Crippen LogP contribution < -0.4 is 5.32 Å². The van der Waals surface area contributed by atoms with E-state index in [1.54, 1.807) is 6.20 Å². The van der Waals surface area contributed by atoms with Crippen LogP contribution in [0.15, 0.2) is 53.3 Å². The summed E-state index contributed by atoms with van der Waals surface area (Å²) in [5.74, 6) is -1.34. The van der Waals surface area contributed by atoms with E-state index in [2.05, 4.69) is 26.4 Å². The Balaban J connectivity index is 1.26. The minimum absolute atomic E-state index is 0.0592. The summed E-state index contributed by atoms with van der Waals surface area (Å²) < 4.78 is 32.0. The minimum Gasteiger partial charge on any atom is -0.355 e. The second-order valence-electron chi connectivity index (χ2n) is 7.49. The van der Waals surface area contributed by atoms with Gasteiger partial charge in [0.1, 0.15) is 11.6 Å². The zero-order valence-electron chi connectivity index (χ0n) is 16.4. The molecule has 6 nitrogen and oxygen atoms in total. The number of pyridine rings is 1. The molecule has 1 fully saturated rings. The maximum atomic E-state index is 13.9. The Morgan fingerprint density at radius 2 is 2.03 bits per heavy atom. The highest BCUT2D eigenvalue weighted by Gasteiger charge is 2.21. The fourth-order valence-corrected chi connectivity index (χ4v) is 3.62. The molecule has 0 atom stereocenters. The number of likely N-dealkylation sites (tertiary alicyclic amines) is 1. The van der Waals surface area contributed by atoms with E-state index in [1.165, 1.54) is 17.7 Å². The number of hydrogen-bond donors (Lipinski definition) is 1. The molecule has 1 amide bonds. The number of carbonyl (C=O) groups is 1. The van der Waals surface area contributed by atoms with Crippen molar-refractivity contribution in [2.45, 2.75) is 19.4 Å². The van der Waals surface area contributed by atoms with Crippen LogP contribution in [0, 0.1) is 17.6 Å². The van der Waals surface area contributed by atoms with E-state index in [0.29, 0.717) is 12.5 Å². The average Bonchev–Trinajstić information content (AvgIpc) is 3.24. The first-order chi connectivity index (χ1) is 14.6. The molecule has 1 aliphatic rings. The molecule has 0 spiro atoms. The monoisotopic (exact) mass is 412 g/mol. The number of rotatable bonds is 6. The van der Waals surface area contributed by atoms with Gasteiger partial charge in [0, 0.05) is 37.6 Å². The fourth-order valence-electron chi connectivity index (χ4n) is 3.62. The van der Waals surface area contributed by atoms with Crippen LogP contribution in [0.25, 0.3) is 11.3 Å². The first kappa shape index (κ1) is 20.2. The molecule has 1 N–H and O–H groups in total. The lowest BCUT2D eigenvalue weighted by Crippen LogP contribution is -2.38. The molecule has 3 heterocycles. The van der Waals surface area contributed by atoms with Crippen molar-refractivity contribution in [3.63, 3.8) is 0 Å². The van der Waals surface area contributed by atoms with Crippen molar-refractivity contribution in [1.82, 2.24) is 20.4 Å². The van der Waals surface area contributed by atoms with Gasteiger partial charge in [-0.3, -0.25) is 14.7 Å².